The first kappa shape index (κ1) is 19.1. The molecule has 2 aromatic carbocycles. The third-order valence-electron chi connectivity index (χ3n) is 3.58. The summed E-state index contributed by atoms with van der Waals surface area (Å²) in [5.41, 5.74) is 6.27. The number of aliphatic hydroxyl groups excluding tert-OH is 1. The van der Waals surface area contributed by atoms with E-state index in [0.717, 1.165) is 0 Å². The fourth-order valence-electron chi connectivity index (χ4n) is 2.24. The Morgan fingerprint density at radius 2 is 1.96 bits per heavy atom. The van der Waals surface area contributed by atoms with Crippen molar-refractivity contribution in [1.29, 1.82) is 0 Å². The molecule has 0 bridgehead atoms. The average Bonchev–Trinajstić information content (AvgIpc) is 3.09. The van der Waals surface area contributed by atoms with E-state index in [1.54, 1.807) is 42.5 Å². The molecule has 0 saturated heterocycles. The number of nitrogens with two attached hydrogens (primary N) is 1. The number of aromatic nitrogens is 4. The van der Waals surface area contributed by atoms with Gasteiger partial charge in [0.2, 0.25) is 11.7 Å². The van der Waals surface area contributed by atoms with Gasteiger partial charge in [-0.15, -0.1) is 10.2 Å². The summed E-state index contributed by atoms with van der Waals surface area (Å²) in [6, 6.07) is 11.3. The molecule has 1 aromatic heterocycles. The number of nitrogens with zero attached hydrogens (tertiary/aromatic N) is 4. The lowest BCUT2D eigenvalue weighted by Gasteiger charge is -2.12. The first-order chi connectivity index (χ1) is 12.9. The number of carbonyl (C=O) groups is 1. The van der Waals surface area contributed by atoms with Crippen molar-refractivity contribution >= 4 is 29.1 Å². The molecule has 3 N–H and O–H groups in total. The van der Waals surface area contributed by atoms with Crippen LogP contribution in [-0.4, -0.2) is 43.9 Å². The minimum absolute atomic E-state index is 0.00840. The smallest absolute Gasteiger partial charge is 0.248 e. The van der Waals surface area contributed by atoms with Crippen LogP contribution in [0.5, 0.6) is 5.75 Å². The third kappa shape index (κ3) is 4.94. The molecule has 0 spiro atoms. The Hall–Kier alpha value is -2.68. The van der Waals surface area contributed by atoms with E-state index < -0.39 is 12.0 Å². The molecule has 10 heteroatoms. The molecule has 1 heterocycles. The van der Waals surface area contributed by atoms with Crippen LogP contribution >= 0.6 is 23.2 Å². The maximum atomic E-state index is 11.1. The van der Waals surface area contributed by atoms with Crippen molar-refractivity contribution in [3.05, 3.63) is 58.1 Å². The van der Waals surface area contributed by atoms with Gasteiger partial charge in [-0.2, -0.15) is 4.80 Å². The summed E-state index contributed by atoms with van der Waals surface area (Å²) in [5, 5.41) is 23.0. The van der Waals surface area contributed by atoms with E-state index in [0.29, 0.717) is 32.7 Å². The van der Waals surface area contributed by atoms with E-state index >= 15 is 0 Å². The van der Waals surface area contributed by atoms with Crippen LogP contribution in [-0.2, 0) is 6.54 Å². The van der Waals surface area contributed by atoms with Gasteiger partial charge in [-0.1, -0.05) is 35.3 Å². The summed E-state index contributed by atoms with van der Waals surface area (Å²) in [5.74, 6) is 0.267. The summed E-state index contributed by atoms with van der Waals surface area (Å²) < 4.78 is 5.48. The van der Waals surface area contributed by atoms with Crippen LogP contribution in [0.1, 0.15) is 10.4 Å². The van der Waals surface area contributed by atoms with Crippen molar-refractivity contribution in [1.82, 2.24) is 20.2 Å². The number of aliphatic hydroxyl groups is 1. The van der Waals surface area contributed by atoms with E-state index in [-0.39, 0.29) is 13.2 Å². The predicted molar refractivity (Wildman–Crippen MR) is 99.7 cm³/mol. The van der Waals surface area contributed by atoms with Crippen LogP contribution in [0, 0.1) is 0 Å². The molecule has 8 nitrogen and oxygen atoms in total. The van der Waals surface area contributed by atoms with E-state index in [9.17, 15) is 9.90 Å². The molecule has 1 atom stereocenters. The van der Waals surface area contributed by atoms with Crippen LogP contribution in [0.15, 0.2) is 42.5 Å². The van der Waals surface area contributed by atoms with E-state index in [1.807, 2.05) is 0 Å². The van der Waals surface area contributed by atoms with Gasteiger partial charge in [-0.05, 0) is 35.5 Å². The van der Waals surface area contributed by atoms with Crippen LogP contribution in [0.2, 0.25) is 10.0 Å². The standard InChI is InChI=1S/C17H15Cl2N5O3/c18-12-5-6-15(14(19)7-12)27-9-13(25)8-24-22-17(21-23-24)11-3-1-10(2-4-11)16(20)26/h1-7,13,25H,8-9H2,(H2,20,26)/t13-/m1/s1. The molecular weight excluding hydrogens is 393 g/mol. The van der Waals surface area contributed by atoms with Gasteiger partial charge in [0.1, 0.15) is 18.5 Å². The minimum Gasteiger partial charge on any atom is -0.489 e. The number of amides is 1. The highest BCUT2D eigenvalue weighted by atomic mass is 35.5. The summed E-state index contributed by atoms with van der Waals surface area (Å²) in [7, 11) is 0. The lowest BCUT2D eigenvalue weighted by Crippen LogP contribution is -2.25. The van der Waals surface area contributed by atoms with Gasteiger partial charge in [-0.3, -0.25) is 4.79 Å². The van der Waals surface area contributed by atoms with E-state index in [1.165, 1.54) is 4.80 Å². The number of carbonyl (C=O) groups excluding carboxylic acids is 1. The van der Waals surface area contributed by atoms with Crippen molar-refractivity contribution in [3.8, 4) is 17.1 Å². The van der Waals surface area contributed by atoms with Crippen LogP contribution < -0.4 is 10.5 Å². The second-order valence-corrected chi connectivity index (χ2v) is 6.49. The van der Waals surface area contributed by atoms with Gasteiger partial charge in [-0.25, -0.2) is 0 Å². The van der Waals surface area contributed by atoms with Gasteiger partial charge in [0.05, 0.1) is 11.6 Å². The number of hydrogen-bond acceptors (Lipinski definition) is 6. The molecular formula is C17H15Cl2N5O3. The van der Waals surface area contributed by atoms with E-state index in [2.05, 4.69) is 15.4 Å². The van der Waals surface area contributed by atoms with Gasteiger partial charge >= 0.3 is 0 Å². The topological polar surface area (TPSA) is 116 Å². The maximum Gasteiger partial charge on any atom is 0.248 e. The predicted octanol–water partition coefficient (Wildman–Crippen LogP) is 2.19. The molecule has 0 fully saturated rings. The summed E-state index contributed by atoms with van der Waals surface area (Å²) >= 11 is 11.8. The first-order valence-electron chi connectivity index (χ1n) is 7.86. The monoisotopic (exact) mass is 407 g/mol. The van der Waals surface area contributed by atoms with Gasteiger partial charge in [0.25, 0.3) is 0 Å². The largest absolute Gasteiger partial charge is 0.489 e. The zero-order valence-electron chi connectivity index (χ0n) is 13.9. The molecule has 27 heavy (non-hydrogen) atoms. The Morgan fingerprint density at radius 1 is 1.22 bits per heavy atom. The van der Waals surface area contributed by atoms with Gasteiger partial charge in [0.15, 0.2) is 0 Å². The molecule has 0 radical (unpaired) electrons. The Morgan fingerprint density at radius 3 is 2.63 bits per heavy atom. The molecule has 3 rings (SSSR count). The highest BCUT2D eigenvalue weighted by Crippen LogP contribution is 2.27. The molecule has 3 aromatic rings. The van der Waals surface area contributed by atoms with Crippen LogP contribution in [0.25, 0.3) is 11.4 Å². The number of halogens is 2. The van der Waals surface area contributed by atoms with Crippen molar-refractivity contribution < 1.29 is 14.6 Å². The van der Waals surface area contributed by atoms with Crippen molar-refractivity contribution in [3.63, 3.8) is 0 Å². The number of tetrazole rings is 1. The first-order valence-corrected chi connectivity index (χ1v) is 8.62. The number of ether oxygens (including phenoxy) is 1. The second-order valence-electron chi connectivity index (χ2n) is 5.65. The molecule has 0 aliphatic heterocycles. The summed E-state index contributed by atoms with van der Waals surface area (Å²) in [4.78, 5) is 12.4. The van der Waals surface area contributed by atoms with E-state index in [4.69, 9.17) is 33.7 Å². The van der Waals surface area contributed by atoms with Gasteiger partial charge < -0.3 is 15.6 Å². The molecule has 0 unspecified atom stereocenters. The lowest BCUT2D eigenvalue weighted by atomic mass is 10.1. The number of hydrogen-bond donors (Lipinski definition) is 2. The SMILES string of the molecule is NC(=O)c1ccc(-c2nnn(C[C@@H](O)COc3ccc(Cl)cc3Cl)n2)cc1. The molecule has 0 aliphatic carbocycles. The summed E-state index contributed by atoms with van der Waals surface area (Å²) in [6.45, 7) is 0.0725. The zero-order valence-corrected chi connectivity index (χ0v) is 15.4. The molecule has 0 aliphatic rings. The second kappa shape index (κ2) is 8.34. The summed E-state index contributed by atoms with van der Waals surface area (Å²) in [6.07, 6.45) is -0.879. The molecule has 140 valence electrons. The number of benzene rings is 2. The Kier molecular flexibility index (Phi) is 5.90. The Labute approximate surface area is 164 Å². The minimum atomic E-state index is -0.879. The quantitative estimate of drug-likeness (QED) is 0.619. The lowest BCUT2D eigenvalue weighted by molar-refractivity contribution is 0.0850. The fourth-order valence-corrected chi connectivity index (χ4v) is 2.70. The van der Waals surface area contributed by atoms with Crippen molar-refractivity contribution in [2.75, 3.05) is 6.61 Å². The Balaban J connectivity index is 1.59. The van der Waals surface area contributed by atoms with Crippen molar-refractivity contribution in [2.24, 2.45) is 5.73 Å². The highest BCUT2D eigenvalue weighted by molar-refractivity contribution is 6.35. The fraction of sp³-hybridized carbons (Fsp3) is 0.176. The number of primary amides is 1. The molecule has 0 saturated carbocycles. The number of rotatable bonds is 7. The maximum absolute atomic E-state index is 11.1. The third-order valence-corrected chi connectivity index (χ3v) is 4.11. The zero-order chi connectivity index (χ0) is 19.4. The van der Waals surface area contributed by atoms with Crippen LogP contribution in [0.3, 0.4) is 0 Å². The van der Waals surface area contributed by atoms with Gasteiger partial charge in [0, 0.05) is 16.1 Å². The normalized spacial score (nSPS) is 12.0. The van der Waals surface area contributed by atoms with Crippen molar-refractivity contribution in [2.45, 2.75) is 12.6 Å². The highest BCUT2D eigenvalue weighted by Gasteiger charge is 2.12. The average molecular weight is 408 g/mol. The Bertz CT molecular complexity index is 946. The molecule has 1 amide bonds. The van der Waals surface area contributed by atoms with Crippen LogP contribution in [0.4, 0.5) is 0 Å².